The van der Waals surface area contributed by atoms with Crippen LogP contribution in [0.15, 0.2) is 48.0 Å². The van der Waals surface area contributed by atoms with Crippen LogP contribution in [0, 0.1) is 5.92 Å². The van der Waals surface area contributed by atoms with Crippen LogP contribution in [-0.2, 0) is 0 Å². The first-order valence-corrected chi connectivity index (χ1v) is 8.91. The first kappa shape index (κ1) is 14.5. The summed E-state index contributed by atoms with van der Waals surface area (Å²) in [5.74, 6) is 1.58. The second kappa shape index (κ2) is 6.17. The molecule has 116 valence electrons. The zero-order valence-corrected chi connectivity index (χ0v) is 14.0. The number of thiazole rings is 1. The minimum absolute atomic E-state index is 0.675. The van der Waals surface area contributed by atoms with Crippen molar-refractivity contribution in [1.82, 2.24) is 4.98 Å². The molecule has 23 heavy (non-hydrogen) atoms. The average molecular weight is 321 g/mol. The molecular formula is C20H19NOS. The molecule has 2 aromatic carbocycles. The molecule has 1 aliphatic rings. The number of hydrogen-bond acceptors (Lipinski definition) is 3. The summed E-state index contributed by atoms with van der Waals surface area (Å²) in [6.45, 7) is 0. The Balaban J connectivity index is 1.74. The molecule has 0 saturated heterocycles. The number of benzene rings is 2. The van der Waals surface area contributed by atoms with Crippen molar-refractivity contribution in [3.63, 3.8) is 0 Å². The monoisotopic (exact) mass is 321 g/mol. The van der Waals surface area contributed by atoms with Gasteiger partial charge >= 0.3 is 0 Å². The van der Waals surface area contributed by atoms with Crippen molar-refractivity contribution >= 4 is 33.2 Å². The maximum absolute atomic E-state index is 5.28. The molecule has 4 rings (SSSR count). The van der Waals surface area contributed by atoms with E-state index in [4.69, 9.17) is 4.74 Å². The van der Waals surface area contributed by atoms with Gasteiger partial charge in [-0.3, -0.25) is 0 Å². The number of ether oxygens (including phenoxy) is 1. The molecule has 2 nitrogen and oxygen atoms in total. The van der Waals surface area contributed by atoms with Gasteiger partial charge in [-0.25, -0.2) is 4.98 Å². The molecule has 0 bridgehead atoms. The van der Waals surface area contributed by atoms with Crippen molar-refractivity contribution in [3.8, 4) is 5.75 Å². The Kier molecular flexibility index (Phi) is 3.88. The number of allylic oxidation sites excluding steroid dienone is 1. The van der Waals surface area contributed by atoms with Crippen LogP contribution in [0.2, 0.25) is 0 Å². The van der Waals surface area contributed by atoms with E-state index < -0.39 is 0 Å². The standard InChI is InChI=1S/C20H19NOS/c1-22-17-8-6-16(7-9-17)18(15-3-2-4-15)11-14-5-10-20-19(12-14)21-13-23-20/h5-13,15H,2-4H2,1H3/b18-11+. The summed E-state index contributed by atoms with van der Waals surface area (Å²) in [6, 6.07) is 15.0. The lowest BCUT2D eigenvalue weighted by molar-refractivity contribution is 0.401. The Hall–Kier alpha value is -2.13. The van der Waals surface area contributed by atoms with E-state index >= 15 is 0 Å². The van der Waals surface area contributed by atoms with Crippen molar-refractivity contribution in [1.29, 1.82) is 0 Å². The predicted octanol–water partition coefficient (Wildman–Crippen LogP) is 5.65. The quantitative estimate of drug-likeness (QED) is 0.580. The molecule has 0 atom stereocenters. The Morgan fingerprint density at radius 1 is 1.17 bits per heavy atom. The fourth-order valence-electron chi connectivity index (χ4n) is 3.08. The number of methoxy groups -OCH3 is 1. The van der Waals surface area contributed by atoms with Gasteiger partial charge in [0.2, 0.25) is 0 Å². The van der Waals surface area contributed by atoms with Crippen LogP contribution in [0.25, 0.3) is 21.9 Å². The van der Waals surface area contributed by atoms with Crippen molar-refractivity contribution in [2.24, 2.45) is 5.92 Å². The largest absolute Gasteiger partial charge is 0.497 e. The predicted molar refractivity (Wildman–Crippen MR) is 97.8 cm³/mol. The molecule has 0 amide bonds. The molecule has 0 spiro atoms. The van der Waals surface area contributed by atoms with E-state index in [1.54, 1.807) is 18.4 Å². The summed E-state index contributed by atoms with van der Waals surface area (Å²) in [5, 5.41) is 0. The maximum atomic E-state index is 5.28. The summed E-state index contributed by atoms with van der Waals surface area (Å²) in [5.41, 5.74) is 6.98. The highest BCUT2D eigenvalue weighted by Crippen LogP contribution is 2.40. The molecule has 3 aromatic rings. The van der Waals surface area contributed by atoms with Gasteiger partial charge in [0.05, 0.1) is 22.8 Å². The summed E-state index contributed by atoms with van der Waals surface area (Å²) in [6.07, 6.45) is 6.25. The maximum Gasteiger partial charge on any atom is 0.118 e. The zero-order valence-electron chi connectivity index (χ0n) is 13.2. The van der Waals surface area contributed by atoms with Crippen LogP contribution in [0.1, 0.15) is 30.4 Å². The second-order valence-electron chi connectivity index (χ2n) is 6.04. The lowest BCUT2D eigenvalue weighted by Gasteiger charge is -2.29. The van der Waals surface area contributed by atoms with Gasteiger partial charge in [-0.05, 0) is 59.7 Å². The number of aromatic nitrogens is 1. The number of rotatable bonds is 4. The highest BCUT2D eigenvalue weighted by atomic mass is 32.1. The average Bonchev–Trinajstić information content (AvgIpc) is 3.00. The zero-order chi connectivity index (χ0) is 15.6. The minimum atomic E-state index is 0.675. The molecule has 0 aliphatic heterocycles. The van der Waals surface area contributed by atoms with E-state index in [9.17, 15) is 0 Å². The Bertz CT molecular complexity index is 843. The summed E-state index contributed by atoms with van der Waals surface area (Å²) in [4.78, 5) is 4.43. The fourth-order valence-corrected chi connectivity index (χ4v) is 3.74. The fraction of sp³-hybridized carbons (Fsp3) is 0.250. The molecule has 3 heteroatoms. The van der Waals surface area contributed by atoms with Crippen molar-refractivity contribution in [2.75, 3.05) is 7.11 Å². The molecule has 1 heterocycles. The van der Waals surface area contributed by atoms with Gasteiger partial charge in [-0.15, -0.1) is 11.3 Å². The third-order valence-electron chi connectivity index (χ3n) is 4.64. The van der Waals surface area contributed by atoms with Gasteiger partial charge in [0.25, 0.3) is 0 Å². The van der Waals surface area contributed by atoms with E-state index in [0.29, 0.717) is 5.92 Å². The molecule has 1 aromatic heterocycles. The van der Waals surface area contributed by atoms with E-state index in [1.807, 2.05) is 17.6 Å². The van der Waals surface area contributed by atoms with E-state index in [1.165, 1.54) is 40.7 Å². The number of fused-ring (bicyclic) bond motifs is 1. The Morgan fingerprint density at radius 3 is 2.70 bits per heavy atom. The minimum Gasteiger partial charge on any atom is -0.497 e. The van der Waals surface area contributed by atoms with E-state index in [-0.39, 0.29) is 0 Å². The Morgan fingerprint density at radius 2 is 2.00 bits per heavy atom. The van der Waals surface area contributed by atoms with Gasteiger partial charge < -0.3 is 4.74 Å². The van der Waals surface area contributed by atoms with Crippen LogP contribution in [0.5, 0.6) is 5.75 Å². The van der Waals surface area contributed by atoms with Crippen LogP contribution in [0.3, 0.4) is 0 Å². The lowest BCUT2D eigenvalue weighted by Crippen LogP contribution is -2.13. The highest BCUT2D eigenvalue weighted by Gasteiger charge is 2.23. The molecule has 0 N–H and O–H groups in total. The smallest absolute Gasteiger partial charge is 0.118 e. The van der Waals surface area contributed by atoms with E-state index in [0.717, 1.165) is 11.3 Å². The van der Waals surface area contributed by atoms with Crippen LogP contribution in [-0.4, -0.2) is 12.1 Å². The van der Waals surface area contributed by atoms with Crippen LogP contribution < -0.4 is 4.74 Å². The van der Waals surface area contributed by atoms with Crippen molar-refractivity contribution < 1.29 is 4.74 Å². The third kappa shape index (κ3) is 2.89. The number of hydrogen-bond donors (Lipinski definition) is 0. The SMILES string of the molecule is COc1ccc(/C(=C/c2ccc3scnc3c2)C2CCC2)cc1. The Labute approximate surface area is 140 Å². The van der Waals surface area contributed by atoms with E-state index in [2.05, 4.69) is 41.4 Å². The molecule has 1 saturated carbocycles. The summed E-state index contributed by atoms with van der Waals surface area (Å²) < 4.78 is 6.53. The first-order chi connectivity index (χ1) is 11.3. The van der Waals surface area contributed by atoms with Crippen LogP contribution >= 0.6 is 11.3 Å². The molecule has 0 unspecified atom stereocenters. The lowest BCUT2D eigenvalue weighted by atomic mass is 9.76. The van der Waals surface area contributed by atoms with Crippen molar-refractivity contribution in [2.45, 2.75) is 19.3 Å². The molecular weight excluding hydrogens is 302 g/mol. The second-order valence-corrected chi connectivity index (χ2v) is 6.92. The van der Waals surface area contributed by atoms with Gasteiger partial charge in [0, 0.05) is 0 Å². The van der Waals surface area contributed by atoms with Gasteiger partial charge in [0.15, 0.2) is 0 Å². The number of nitrogens with zero attached hydrogens (tertiary/aromatic N) is 1. The summed E-state index contributed by atoms with van der Waals surface area (Å²) >= 11 is 1.69. The normalized spacial score (nSPS) is 15.6. The van der Waals surface area contributed by atoms with Crippen molar-refractivity contribution in [3.05, 3.63) is 59.1 Å². The molecule has 1 fully saturated rings. The summed E-state index contributed by atoms with van der Waals surface area (Å²) in [7, 11) is 1.71. The van der Waals surface area contributed by atoms with Gasteiger partial charge in [-0.2, -0.15) is 0 Å². The highest BCUT2D eigenvalue weighted by molar-refractivity contribution is 7.16. The first-order valence-electron chi connectivity index (χ1n) is 8.03. The van der Waals surface area contributed by atoms with Gasteiger partial charge in [-0.1, -0.05) is 30.7 Å². The third-order valence-corrected chi connectivity index (χ3v) is 5.45. The molecule has 0 radical (unpaired) electrons. The van der Waals surface area contributed by atoms with Gasteiger partial charge in [0.1, 0.15) is 5.75 Å². The topological polar surface area (TPSA) is 22.1 Å². The van der Waals surface area contributed by atoms with Crippen LogP contribution in [0.4, 0.5) is 0 Å². The molecule has 1 aliphatic carbocycles.